The van der Waals surface area contributed by atoms with E-state index >= 15 is 0 Å². The molecular formula is C18H25ClN2O. The summed E-state index contributed by atoms with van der Waals surface area (Å²) >= 11 is 6.16. The Labute approximate surface area is 137 Å². The molecule has 2 saturated carbocycles. The Morgan fingerprint density at radius 3 is 2.68 bits per heavy atom. The summed E-state index contributed by atoms with van der Waals surface area (Å²) in [6.45, 7) is 0.589. The molecule has 1 aromatic rings. The van der Waals surface area contributed by atoms with E-state index in [-0.39, 0.29) is 11.9 Å². The third kappa shape index (κ3) is 3.31. The summed E-state index contributed by atoms with van der Waals surface area (Å²) in [5.74, 6) is 0.736. The molecule has 0 bridgehead atoms. The van der Waals surface area contributed by atoms with Crippen molar-refractivity contribution in [1.82, 2.24) is 5.32 Å². The van der Waals surface area contributed by atoms with Crippen LogP contribution in [0.2, 0.25) is 5.02 Å². The molecule has 0 spiro atoms. The highest BCUT2D eigenvalue weighted by atomic mass is 35.5. The zero-order chi connectivity index (χ0) is 15.6. The molecule has 3 rings (SSSR count). The number of carbonyl (C=O) groups is 1. The summed E-state index contributed by atoms with van der Waals surface area (Å²) in [5, 5.41) is 3.82. The van der Waals surface area contributed by atoms with Crippen LogP contribution in [0.3, 0.4) is 0 Å². The van der Waals surface area contributed by atoms with Gasteiger partial charge in [0.05, 0.1) is 5.41 Å². The van der Waals surface area contributed by atoms with Gasteiger partial charge in [-0.25, -0.2) is 0 Å². The van der Waals surface area contributed by atoms with Crippen LogP contribution in [0, 0.1) is 5.92 Å². The summed E-state index contributed by atoms with van der Waals surface area (Å²) in [6.07, 6.45) is 7.60. The van der Waals surface area contributed by atoms with Gasteiger partial charge in [0.2, 0.25) is 5.91 Å². The topological polar surface area (TPSA) is 55.1 Å². The molecule has 0 radical (unpaired) electrons. The van der Waals surface area contributed by atoms with Crippen molar-refractivity contribution in [3.63, 3.8) is 0 Å². The Kier molecular flexibility index (Phi) is 4.74. The second-order valence-corrected chi connectivity index (χ2v) is 7.30. The summed E-state index contributed by atoms with van der Waals surface area (Å²) in [4.78, 5) is 13.0. The van der Waals surface area contributed by atoms with Crippen molar-refractivity contribution in [3.05, 3.63) is 34.9 Å². The van der Waals surface area contributed by atoms with Crippen molar-refractivity contribution >= 4 is 17.5 Å². The number of rotatable bonds is 5. The van der Waals surface area contributed by atoms with Gasteiger partial charge in [0.1, 0.15) is 0 Å². The molecule has 1 unspecified atom stereocenters. The molecule has 1 amide bonds. The minimum atomic E-state index is -0.424. The lowest BCUT2D eigenvalue weighted by molar-refractivity contribution is -0.128. The second kappa shape index (κ2) is 6.59. The van der Waals surface area contributed by atoms with E-state index in [1.807, 2.05) is 24.3 Å². The van der Waals surface area contributed by atoms with Crippen LogP contribution in [0.5, 0.6) is 0 Å². The third-order valence-electron chi connectivity index (χ3n) is 5.24. The number of carbonyl (C=O) groups excluding carboxylic acids is 1. The number of halogens is 1. The number of benzene rings is 1. The van der Waals surface area contributed by atoms with Crippen LogP contribution in [-0.2, 0) is 10.2 Å². The predicted molar refractivity (Wildman–Crippen MR) is 89.9 cm³/mol. The zero-order valence-corrected chi connectivity index (χ0v) is 13.7. The average molecular weight is 321 g/mol. The summed E-state index contributed by atoms with van der Waals surface area (Å²) in [6, 6.07) is 7.90. The fourth-order valence-corrected chi connectivity index (χ4v) is 3.85. The lowest BCUT2D eigenvalue weighted by Gasteiger charge is -2.36. The number of nitrogens with one attached hydrogen (secondary N) is 1. The summed E-state index contributed by atoms with van der Waals surface area (Å²) < 4.78 is 0. The first-order valence-electron chi connectivity index (χ1n) is 8.42. The lowest BCUT2D eigenvalue weighted by Crippen LogP contribution is -2.49. The smallest absolute Gasteiger partial charge is 0.230 e. The Bertz CT molecular complexity index is 536. The minimum Gasteiger partial charge on any atom is -0.354 e. The Balaban J connectivity index is 1.77. The minimum absolute atomic E-state index is 0.101. The molecule has 2 fully saturated rings. The quantitative estimate of drug-likeness (QED) is 0.873. The molecule has 2 aliphatic carbocycles. The van der Waals surface area contributed by atoms with Crippen LogP contribution in [0.25, 0.3) is 0 Å². The van der Waals surface area contributed by atoms with Gasteiger partial charge in [0, 0.05) is 17.6 Å². The first kappa shape index (κ1) is 15.8. The van der Waals surface area contributed by atoms with E-state index in [9.17, 15) is 4.79 Å². The van der Waals surface area contributed by atoms with Gasteiger partial charge in [-0.05, 0) is 49.3 Å². The van der Waals surface area contributed by atoms with Crippen LogP contribution in [0.15, 0.2) is 24.3 Å². The van der Waals surface area contributed by atoms with E-state index in [4.69, 9.17) is 17.3 Å². The van der Waals surface area contributed by atoms with Crippen molar-refractivity contribution in [3.8, 4) is 0 Å². The lowest BCUT2D eigenvalue weighted by atomic mass is 9.68. The third-order valence-corrected chi connectivity index (χ3v) is 5.48. The number of hydrogen-bond donors (Lipinski definition) is 2. The van der Waals surface area contributed by atoms with E-state index in [0.29, 0.717) is 17.5 Å². The average Bonchev–Trinajstić information content (AvgIpc) is 3.38. The van der Waals surface area contributed by atoms with Gasteiger partial charge in [-0.3, -0.25) is 4.79 Å². The fraction of sp³-hybridized carbons (Fsp3) is 0.611. The van der Waals surface area contributed by atoms with Gasteiger partial charge in [-0.15, -0.1) is 0 Å². The van der Waals surface area contributed by atoms with Gasteiger partial charge >= 0.3 is 0 Å². The number of hydrogen-bond acceptors (Lipinski definition) is 2. The molecule has 3 N–H and O–H groups in total. The molecule has 120 valence electrons. The zero-order valence-electron chi connectivity index (χ0n) is 13.0. The van der Waals surface area contributed by atoms with Crippen LogP contribution in [0.4, 0.5) is 0 Å². The molecular weight excluding hydrogens is 296 g/mol. The molecule has 1 aromatic carbocycles. The maximum atomic E-state index is 13.0. The number of nitrogens with two attached hydrogens (primary N) is 1. The molecule has 0 aliphatic heterocycles. The van der Waals surface area contributed by atoms with Gasteiger partial charge in [0.25, 0.3) is 0 Å². The molecule has 2 aliphatic rings. The highest BCUT2D eigenvalue weighted by Gasteiger charge is 2.41. The predicted octanol–water partition coefficient (Wildman–Crippen LogP) is 3.40. The fourth-order valence-electron chi connectivity index (χ4n) is 3.66. The Morgan fingerprint density at radius 1 is 1.32 bits per heavy atom. The first-order valence-corrected chi connectivity index (χ1v) is 8.79. The molecule has 0 heterocycles. The van der Waals surface area contributed by atoms with Crippen LogP contribution in [-0.4, -0.2) is 18.5 Å². The summed E-state index contributed by atoms with van der Waals surface area (Å²) in [7, 11) is 0. The van der Waals surface area contributed by atoms with E-state index in [1.54, 1.807) is 0 Å². The van der Waals surface area contributed by atoms with Crippen LogP contribution in [0.1, 0.15) is 50.5 Å². The monoisotopic (exact) mass is 320 g/mol. The molecule has 1 atom stereocenters. The Hall–Kier alpha value is -1.06. The molecule has 0 aromatic heterocycles. The van der Waals surface area contributed by atoms with E-state index in [2.05, 4.69) is 5.32 Å². The summed E-state index contributed by atoms with van der Waals surface area (Å²) in [5.41, 5.74) is 6.76. The maximum absolute atomic E-state index is 13.0. The van der Waals surface area contributed by atoms with Crippen LogP contribution >= 0.6 is 11.6 Å². The highest BCUT2D eigenvalue weighted by molar-refractivity contribution is 6.30. The second-order valence-electron chi connectivity index (χ2n) is 6.86. The van der Waals surface area contributed by atoms with Gasteiger partial charge in [-0.1, -0.05) is 43.0 Å². The first-order chi connectivity index (χ1) is 10.6. The van der Waals surface area contributed by atoms with Crippen molar-refractivity contribution in [2.24, 2.45) is 11.7 Å². The van der Waals surface area contributed by atoms with Crippen molar-refractivity contribution in [1.29, 1.82) is 0 Å². The SMILES string of the molecule is NC(CNC(=O)C1(c2cccc(Cl)c2)CCCCC1)C1CC1. The van der Waals surface area contributed by atoms with Gasteiger partial charge < -0.3 is 11.1 Å². The highest BCUT2D eigenvalue weighted by Crippen LogP contribution is 2.40. The van der Waals surface area contributed by atoms with Gasteiger partial charge in [-0.2, -0.15) is 0 Å². The maximum Gasteiger partial charge on any atom is 0.230 e. The number of amides is 1. The van der Waals surface area contributed by atoms with E-state index < -0.39 is 5.41 Å². The van der Waals surface area contributed by atoms with Crippen molar-refractivity contribution in [2.75, 3.05) is 6.54 Å². The van der Waals surface area contributed by atoms with E-state index in [1.165, 1.54) is 19.3 Å². The standard InChI is InChI=1S/C18H25ClN2O/c19-15-6-4-5-14(11-15)18(9-2-1-3-10-18)17(22)21-12-16(20)13-7-8-13/h4-6,11,13,16H,1-3,7-10,12,20H2,(H,21,22). The molecule has 3 nitrogen and oxygen atoms in total. The Morgan fingerprint density at radius 2 is 2.05 bits per heavy atom. The van der Waals surface area contributed by atoms with Crippen molar-refractivity contribution < 1.29 is 4.79 Å². The van der Waals surface area contributed by atoms with E-state index in [0.717, 1.165) is 31.2 Å². The molecule has 22 heavy (non-hydrogen) atoms. The molecule has 0 saturated heterocycles. The van der Waals surface area contributed by atoms with Crippen molar-refractivity contribution in [2.45, 2.75) is 56.4 Å². The van der Waals surface area contributed by atoms with Crippen LogP contribution < -0.4 is 11.1 Å². The normalized spacial score (nSPS) is 22.1. The largest absolute Gasteiger partial charge is 0.354 e. The molecule has 4 heteroatoms. The van der Waals surface area contributed by atoms with Gasteiger partial charge in [0.15, 0.2) is 0 Å².